The molecule has 124 valence electrons. The third-order valence-corrected chi connectivity index (χ3v) is 4.66. The molecule has 1 aromatic carbocycles. The van der Waals surface area contributed by atoms with Crippen LogP contribution in [0.2, 0.25) is 0 Å². The van der Waals surface area contributed by atoms with Crippen LogP contribution in [-0.4, -0.2) is 29.6 Å². The molecule has 1 fully saturated rings. The van der Waals surface area contributed by atoms with E-state index in [-0.39, 0.29) is 0 Å². The lowest BCUT2D eigenvalue weighted by atomic mass is 10.0. The Morgan fingerprint density at radius 1 is 1.09 bits per heavy atom. The van der Waals surface area contributed by atoms with Gasteiger partial charge in [-0.15, -0.1) is 0 Å². The zero-order valence-electron chi connectivity index (χ0n) is 15.2. The Bertz CT molecular complexity index is 467. The van der Waals surface area contributed by atoms with Gasteiger partial charge in [0.15, 0.2) is 0 Å². The summed E-state index contributed by atoms with van der Waals surface area (Å²) in [4.78, 5) is 2.63. The number of ether oxygens (including phenoxy) is 1. The number of likely N-dealkylation sites (tertiary alicyclic amines) is 1. The Morgan fingerprint density at radius 2 is 1.77 bits per heavy atom. The highest BCUT2D eigenvalue weighted by molar-refractivity contribution is 5.35. The summed E-state index contributed by atoms with van der Waals surface area (Å²) in [7, 11) is 0. The van der Waals surface area contributed by atoms with Gasteiger partial charge in [-0.2, -0.15) is 0 Å². The van der Waals surface area contributed by atoms with E-state index in [1.807, 2.05) is 0 Å². The molecule has 2 rings (SSSR count). The molecule has 1 aromatic rings. The third-order valence-electron chi connectivity index (χ3n) is 4.66. The largest absolute Gasteiger partial charge is 0.489 e. The summed E-state index contributed by atoms with van der Waals surface area (Å²) >= 11 is 0. The van der Waals surface area contributed by atoms with E-state index in [0.717, 1.165) is 24.6 Å². The van der Waals surface area contributed by atoms with Crippen molar-refractivity contribution in [2.24, 2.45) is 5.92 Å². The molecule has 1 aliphatic heterocycles. The second kappa shape index (κ2) is 7.50. The van der Waals surface area contributed by atoms with Crippen LogP contribution in [0.4, 0.5) is 0 Å². The van der Waals surface area contributed by atoms with Crippen LogP contribution >= 0.6 is 0 Å². The van der Waals surface area contributed by atoms with Crippen LogP contribution in [0.5, 0.6) is 5.75 Å². The number of nitrogens with zero attached hydrogens (tertiary/aromatic N) is 1. The summed E-state index contributed by atoms with van der Waals surface area (Å²) in [5, 5.41) is 0. The van der Waals surface area contributed by atoms with Gasteiger partial charge in [0.25, 0.3) is 0 Å². The van der Waals surface area contributed by atoms with Gasteiger partial charge in [0, 0.05) is 25.0 Å². The van der Waals surface area contributed by atoms with E-state index in [0.29, 0.717) is 24.1 Å². The van der Waals surface area contributed by atoms with Crippen LogP contribution in [0.15, 0.2) is 24.3 Å². The molecule has 2 nitrogen and oxygen atoms in total. The van der Waals surface area contributed by atoms with Gasteiger partial charge >= 0.3 is 0 Å². The Kier molecular flexibility index (Phi) is 5.91. The van der Waals surface area contributed by atoms with Gasteiger partial charge < -0.3 is 4.74 Å². The van der Waals surface area contributed by atoms with E-state index in [2.05, 4.69) is 70.7 Å². The van der Waals surface area contributed by atoms with E-state index in [1.165, 1.54) is 12.0 Å². The summed E-state index contributed by atoms with van der Waals surface area (Å²) in [6.07, 6.45) is 2.75. The van der Waals surface area contributed by atoms with Crippen molar-refractivity contribution in [2.75, 3.05) is 6.54 Å². The highest BCUT2D eigenvalue weighted by Crippen LogP contribution is 2.32. The second-order valence-corrected chi connectivity index (χ2v) is 7.74. The normalized spacial score (nSPS) is 23.0. The van der Waals surface area contributed by atoms with E-state index >= 15 is 0 Å². The fourth-order valence-corrected chi connectivity index (χ4v) is 3.64. The average molecular weight is 303 g/mol. The Labute approximate surface area is 136 Å². The summed E-state index contributed by atoms with van der Waals surface area (Å²) in [6, 6.07) is 9.78. The van der Waals surface area contributed by atoms with Gasteiger partial charge in [-0.1, -0.05) is 45.9 Å². The minimum atomic E-state index is 0.325. The van der Waals surface area contributed by atoms with Gasteiger partial charge in [-0.3, -0.25) is 4.90 Å². The van der Waals surface area contributed by atoms with Crippen LogP contribution < -0.4 is 4.74 Å². The molecule has 0 aliphatic carbocycles. The summed E-state index contributed by atoms with van der Waals surface area (Å²) in [6.45, 7) is 14.8. The van der Waals surface area contributed by atoms with Crippen molar-refractivity contribution in [3.05, 3.63) is 29.8 Å². The van der Waals surface area contributed by atoms with Crippen molar-refractivity contribution in [3.8, 4) is 5.75 Å². The van der Waals surface area contributed by atoms with Gasteiger partial charge in [0.05, 0.1) is 0 Å². The lowest BCUT2D eigenvalue weighted by Crippen LogP contribution is -2.36. The van der Waals surface area contributed by atoms with Crippen LogP contribution in [0, 0.1) is 5.92 Å². The topological polar surface area (TPSA) is 12.5 Å². The summed E-state index contributed by atoms with van der Waals surface area (Å²) in [5.74, 6) is 2.33. The Hall–Kier alpha value is -1.02. The zero-order chi connectivity index (χ0) is 16.3. The maximum atomic E-state index is 6.42. The highest BCUT2D eigenvalue weighted by Gasteiger charge is 2.35. The minimum absolute atomic E-state index is 0.325. The van der Waals surface area contributed by atoms with E-state index in [1.54, 1.807) is 0 Å². The molecule has 0 amide bonds. The quantitative estimate of drug-likeness (QED) is 0.726. The van der Waals surface area contributed by atoms with Gasteiger partial charge in [0.1, 0.15) is 11.9 Å². The minimum Gasteiger partial charge on any atom is -0.489 e. The van der Waals surface area contributed by atoms with Crippen molar-refractivity contribution < 1.29 is 4.74 Å². The lowest BCUT2D eigenvalue weighted by Gasteiger charge is -2.28. The molecule has 2 heteroatoms. The number of rotatable bonds is 6. The molecular weight excluding hydrogens is 270 g/mol. The first kappa shape index (κ1) is 17.3. The molecule has 0 bridgehead atoms. The smallest absolute Gasteiger partial charge is 0.123 e. The molecule has 0 N–H and O–H groups in total. The molecule has 22 heavy (non-hydrogen) atoms. The molecule has 0 spiro atoms. The van der Waals surface area contributed by atoms with E-state index < -0.39 is 0 Å². The second-order valence-electron chi connectivity index (χ2n) is 7.74. The van der Waals surface area contributed by atoms with Crippen molar-refractivity contribution in [1.29, 1.82) is 0 Å². The highest BCUT2D eigenvalue weighted by atomic mass is 16.5. The van der Waals surface area contributed by atoms with Crippen LogP contribution in [0.1, 0.15) is 65.9 Å². The standard InChI is InChI=1S/C20H33NO/c1-14(2)11-17-12-18(13-21(17)16(5)6)22-20-10-8-7-9-19(20)15(3)4/h7-10,14-18H,11-13H2,1-6H3. The predicted octanol–water partition coefficient (Wildman–Crippen LogP) is 5.09. The van der Waals surface area contributed by atoms with Crippen molar-refractivity contribution in [2.45, 2.75) is 78.5 Å². The fraction of sp³-hybridized carbons (Fsp3) is 0.700. The number of benzene rings is 1. The molecule has 0 radical (unpaired) electrons. The number of hydrogen-bond donors (Lipinski definition) is 0. The van der Waals surface area contributed by atoms with Crippen molar-refractivity contribution >= 4 is 0 Å². The summed E-state index contributed by atoms with van der Waals surface area (Å²) < 4.78 is 6.42. The first-order chi connectivity index (χ1) is 10.4. The van der Waals surface area contributed by atoms with Gasteiger partial charge in [-0.25, -0.2) is 0 Å². The fourth-order valence-electron chi connectivity index (χ4n) is 3.64. The Morgan fingerprint density at radius 3 is 2.36 bits per heavy atom. The molecule has 1 aliphatic rings. The summed E-state index contributed by atoms with van der Waals surface area (Å²) in [5.41, 5.74) is 1.32. The monoisotopic (exact) mass is 303 g/mol. The molecule has 1 heterocycles. The zero-order valence-corrected chi connectivity index (χ0v) is 15.2. The van der Waals surface area contributed by atoms with E-state index in [9.17, 15) is 0 Å². The van der Waals surface area contributed by atoms with Crippen LogP contribution in [-0.2, 0) is 0 Å². The predicted molar refractivity (Wildman–Crippen MR) is 94.6 cm³/mol. The maximum absolute atomic E-state index is 6.42. The average Bonchev–Trinajstić information content (AvgIpc) is 2.81. The lowest BCUT2D eigenvalue weighted by molar-refractivity contribution is 0.164. The first-order valence-electron chi connectivity index (χ1n) is 8.89. The van der Waals surface area contributed by atoms with Gasteiger partial charge in [-0.05, 0) is 43.7 Å². The number of para-hydroxylation sites is 1. The molecule has 1 saturated heterocycles. The Balaban J connectivity index is 2.08. The first-order valence-corrected chi connectivity index (χ1v) is 8.89. The molecule has 2 atom stereocenters. The molecule has 2 unspecified atom stereocenters. The number of hydrogen-bond acceptors (Lipinski definition) is 2. The van der Waals surface area contributed by atoms with Crippen molar-refractivity contribution in [3.63, 3.8) is 0 Å². The molecule has 0 saturated carbocycles. The molecular formula is C20H33NO. The third kappa shape index (κ3) is 4.25. The van der Waals surface area contributed by atoms with E-state index in [4.69, 9.17) is 4.74 Å². The van der Waals surface area contributed by atoms with Gasteiger partial charge in [0.2, 0.25) is 0 Å². The molecule has 0 aromatic heterocycles. The maximum Gasteiger partial charge on any atom is 0.123 e. The van der Waals surface area contributed by atoms with Crippen molar-refractivity contribution in [1.82, 2.24) is 4.90 Å². The van der Waals surface area contributed by atoms with Crippen LogP contribution in [0.3, 0.4) is 0 Å². The van der Waals surface area contributed by atoms with Crippen LogP contribution in [0.25, 0.3) is 0 Å². The SMILES string of the molecule is CC(C)CC1CC(Oc2ccccc2C(C)C)CN1C(C)C.